The van der Waals surface area contributed by atoms with Crippen molar-refractivity contribution in [3.05, 3.63) is 89.9 Å². The molecule has 3 aromatic carbocycles. The SMILES string of the molecule is NC1=CN(Cl)C(C(=O)NC(N)=NCCCCc2ccc(OCCN(CCCc3cccc4ccccc34)CC(O)C(O)C(O)C(O)CO)cc2)C(N)=N1. The van der Waals surface area contributed by atoms with Crippen molar-refractivity contribution in [1.29, 1.82) is 0 Å². The molecule has 0 bridgehead atoms. The number of carbonyl (C=O) groups is 1. The molecule has 0 spiro atoms. The van der Waals surface area contributed by atoms with Crippen molar-refractivity contribution in [2.24, 2.45) is 27.2 Å². The number of ether oxygens (including phenoxy) is 1. The normalized spacial score (nSPS) is 17.2. The third-order valence-electron chi connectivity index (χ3n) is 8.87. The third-order valence-corrected chi connectivity index (χ3v) is 9.16. The van der Waals surface area contributed by atoms with E-state index in [4.69, 9.17) is 38.8 Å². The maximum atomic E-state index is 12.5. The zero-order valence-corrected chi connectivity index (χ0v) is 30.3. The molecule has 1 heterocycles. The van der Waals surface area contributed by atoms with Crippen LogP contribution >= 0.6 is 11.8 Å². The lowest BCUT2D eigenvalue weighted by atomic mass is 10.0. The van der Waals surface area contributed by atoms with Crippen LogP contribution in [-0.2, 0) is 17.6 Å². The van der Waals surface area contributed by atoms with E-state index in [2.05, 4.69) is 39.6 Å². The standard InChI is InChI=1S/C37H51ClN8O7/c38-46-22-31(39)43-35(40)32(46)36(52)44-37(41)42-17-4-3-7-24-13-15-27(16-14-24)53-20-19-45(21-29(48)33(50)34(51)30(49)23-47)18-6-11-26-10-5-9-25-8-1-2-12-28(25)26/h1-2,5,8-10,12-16,22,29-30,32-34,47-51H,3-4,6-7,11,17-21,23,39H2,(H2,40,43)(H3,41,42,44,52). The Hall–Kier alpha value is -4.48. The van der Waals surface area contributed by atoms with Gasteiger partial charge in [-0.25, -0.2) is 4.99 Å². The monoisotopic (exact) mass is 754 g/mol. The highest BCUT2D eigenvalue weighted by Gasteiger charge is 2.32. The van der Waals surface area contributed by atoms with Crippen LogP contribution in [0, 0.1) is 0 Å². The Morgan fingerprint density at radius 1 is 0.943 bits per heavy atom. The predicted octanol–water partition coefficient (Wildman–Crippen LogP) is 0.296. The van der Waals surface area contributed by atoms with E-state index >= 15 is 0 Å². The molecule has 1 aliphatic heterocycles. The molecular weight excluding hydrogens is 704 g/mol. The molecule has 0 aliphatic carbocycles. The molecule has 288 valence electrons. The summed E-state index contributed by atoms with van der Waals surface area (Å²) in [5.74, 6) is 0.0718. The minimum atomic E-state index is -1.69. The molecule has 53 heavy (non-hydrogen) atoms. The smallest absolute Gasteiger partial charge is 0.258 e. The van der Waals surface area contributed by atoms with Gasteiger partial charge in [-0.15, -0.1) is 0 Å². The van der Waals surface area contributed by atoms with Gasteiger partial charge >= 0.3 is 0 Å². The quantitative estimate of drug-likeness (QED) is 0.0327. The first-order valence-electron chi connectivity index (χ1n) is 17.6. The van der Waals surface area contributed by atoms with E-state index in [0.717, 1.165) is 42.1 Å². The van der Waals surface area contributed by atoms with Gasteiger partial charge in [-0.2, -0.15) is 0 Å². The zero-order chi connectivity index (χ0) is 38.3. The number of benzene rings is 3. The van der Waals surface area contributed by atoms with Gasteiger partial charge in [-0.05, 0) is 72.7 Å². The number of guanidine groups is 1. The van der Waals surface area contributed by atoms with Crippen molar-refractivity contribution < 1.29 is 35.1 Å². The number of nitrogens with two attached hydrogens (primary N) is 3. The van der Waals surface area contributed by atoms with Gasteiger partial charge in [0, 0.05) is 31.4 Å². The van der Waals surface area contributed by atoms with Gasteiger partial charge < -0.3 is 47.5 Å². The number of hydrogen-bond donors (Lipinski definition) is 9. The summed E-state index contributed by atoms with van der Waals surface area (Å²) in [6.07, 6.45) is -1.06. The van der Waals surface area contributed by atoms with Crippen molar-refractivity contribution in [2.75, 3.05) is 39.4 Å². The molecule has 0 saturated heterocycles. The van der Waals surface area contributed by atoms with Crippen molar-refractivity contribution in [2.45, 2.75) is 62.6 Å². The van der Waals surface area contributed by atoms with Gasteiger partial charge in [0.2, 0.25) is 0 Å². The lowest BCUT2D eigenvalue weighted by Gasteiger charge is -2.30. The second-order valence-corrected chi connectivity index (χ2v) is 13.3. The van der Waals surface area contributed by atoms with Gasteiger partial charge in [0.1, 0.15) is 42.3 Å². The van der Waals surface area contributed by atoms with Crippen molar-refractivity contribution in [3.8, 4) is 5.75 Å². The van der Waals surface area contributed by atoms with E-state index in [9.17, 15) is 25.2 Å². The number of carbonyl (C=O) groups excluding carboxylic acids is 1. The van der Waals surface area contributed by atoms with Crippen LogP contribution in [0.4, 0.5) is 0 Å². The summed E-state index contributed by atoms with van der Waals surface area (Å²) in [5.41, 5.74) is 19.6. The summed E-state index contributed by atoms with van der Waals surface area (Å²) in [4.78, 5) is 22.5. The molecule has 1 amide bonds. The first kappa shape index (κ1) is 41.3. The van der Waals surface area contributed by atoms with E-state index in [1.807, 2.05) is 47.4 Å². The average Bonchev–Trinajstić information content (AvgIpc) is 3.13. The van der Waals surface area contributed by atoms with Gasteiger partial charge in [0.25, 0.3) is 5.91 Å². The number of aryl methyl sites for hydroxylation is 2. The number of fused-ring (bicyclic) bond motifs is 1. The van der Waals surface area contributed by atoms with Crippen LogP contribution in [0.3, 0.4) is 0 Å². The molecule has 3 aromatic rings. The molecule has 12 N–H and O–H groups in total. The Labute approximate surface area is 314 Å². The van der Waals surface area contributed by atoms with Gasteiger partial charge in [-0.1, -0.05) is 54.6 Å². The fourth-order valence-electron chi connectivity index (χ4n) is 5.97. The molecule has 16 heteroatoms. The number of nitrogens with one attached hydrogen (secondary N) is 1. The fraction of sp³-hybridized carbons (Fsp3) is 0.432. The van der Waals surface area contributed by atoms with Crippen molar-refractivity contribution in [1.82, 2.24) is 14.6 Å². The van der Waals surface area contributed by atoms with Gasteiger partial charge in [0.05, 0.1) is 18.9 Å². The summed E-state index contributed by atoms with van der Waals surface area (Å²) < 4.78 is 7.04. The minimum Gasteiger partial charge on any atom is -0.492 e. The summed E-state index contributed by atoms with van der Waals surface area (Å²) in [6.45, 7) is 1.01. The molecular formula is C37H51ClN8O7. The molecule has 5 unspecified atom stereocenters. The lowest BCUT2D eigenvalue weighted by Crippen LogP contribution is -2.53. The number of hydrogen-bond acceptors (Lipinski definition) is 13. The first-order chi connectivity index (χ1) is 25.5. The number of aliphatic imine (C=N–C) groups is 2. The molecule has 0 fully saturated rings. The number of aliphatic hydroxyl groups is 5. The number of amides is 1. The molecule has 1 aliphatic rings. The van der Waals surface area contributed by atoms with Crippen LogP contribution in [0.5, 0.6) is 5.75 Å². The molecule has 4 rings (SSSR count). The number of nitrogens with zero attached hydrogens (tertiary/aromatic N) is 4. The highest BCUT2D eigenvalue weighted by Crippen LogP contribution is 2.20. The molecule has 5 atom stereocenters. The van der Waals surface area contributed by atoms with Gasteiger partial charge in [-0.3, -0.25) is 24.4 Å². The Morgan fingerprint density at radius 2 is 1.66 bits per heavy atom. The second kappa shape index (κ2) is 20.7. The van der Waals surface area contributed by atoms with Crippen LogP contribution < -0.4 is 27.3 Å². The Kier molecular flexibility index (Phi) is 16.1. The summed E-state index contributed by atoms with van der Waals surface area (Å²) in [7, 11) is 0. The van der Waals surface area contributed by atoms with Crippen LogP contribution in [0.25, 0.3) is 10.8 Å². The van der Waals surface area contributed by atoms with Crippen LogP contribution in [0.1, 0.15) is 30.4 Å². The zero-order valence-electron chi connectivity index (χ0n) is 29.5. The van der Waals surface area contributed by atoms with E-state index < -0.39 is 43.0 Å². The number of rotatable bonds is 20. The number of unbranched alkanes of at least 4 members (excludes halogenated alkanes) is 1. The highest BCUT2D eigenvalue weighted by molar-refractivity contribution is 6.22. The Bertz CT molecular complexity index is 1700. The maximum absolute atomic E-state index is 12.5. The third kappa shape index (κ3) is 12.6. The number of aliphatic hydroxyl groups excluding tert-OH is 5. The van der Waals surface area contributed by atoms with E-state index in [1.54, 1.807) is 0 Å². The van der Waals surface area contributed by atoms with Crippen LogP contribution in [0.15, 0.2) is 88.7 Å². The fourth-order valence-corrected chi connectivity index (χ4v) is 6.25. The predicted molar refractivity (Wildman–Crippen MR) is 205 cm³/mol. The molecule has 0 radical (unpaired) electrons. The number of amidine groups is 1. The number of halogens is 1. The molecule has 0 aromatic heterocycles. The Balaban J connectivity index is 1.22. The average molecular weight is 755 g/mol. The van der Waals surface area contributed by atoms with Crippen molar-refractivity contribution >= 4 is 40.3 Å². The summed E-state index contributed by atoms with van der Waals surface area (Å²) >= 11 is 6.03. The van der Waals surface area contributed by atoms with Crippen molar-refractivity contribution in [3.63, 3.8) is 0 Å². The van der Waals surface area contributed by atoms with E-state index in [0.29, 0.717) is 32.0 Å². The molecule has 0 saturated carbocycles. The minimum absolute atomic E-state index is 0.0272. The van der Waals surface area contributed by atoms with Crippen LogP contribution in [-0.4, -0.2) is 122 Å². The van der Waals surface area contributed by atoms with E-state index in [-0.39, 0.29) is 24.2 Å². The molecule has 15 nitrogen and oxygen atoms in total. The van der Waals surface area contributed by atoms with Gasteiger partial charge in [0.15, 0.2) is 12.0 Å². The summed E-state index contributed by atoms with van der Waals surface area (Å²) in [6, 6.07) is 21.1. The lowest BCUT2D eigenvalue weighted by molar-refractivity contribution is -0.121. The summed E-state index contributed by atoms with van der Waals surface area (Å²) in [5, 5.41) is 55.0. The van der Waals surface area contributed by atoms with E-state index in [1.165, 1.54) is 22.5 Å². The Morgan fingerprint density at radius 3 is 2.40 bits per heavy atom. The van der Waals surface area contributed by atoms with Crippen LogP contribution in [0.2, 0.25) is 0 Å². The largest absolute Gasteiger partial charge is 0.492 e. The maximum Gasteiger partial charge on any atom is 0.258 e. The highest BCUT2D eigenvalue weighted by atomic mass is 35.5. The topological polar surface area (TPSA) is 249 Å². The second-order valence-electron chi connectivity index (χ2n) is 12.9. The first-order valence-corrected chi connectivity index (χ1v) is 17.9.